The van der Waals surface area contributed by atoms with E-state index in [-0.39, 0.29) is 24.1 Å². The highest BCUT2D eigenvalue weighted by atomic mass is 19.1. The maximum atomic E-state index is 13.8. The molecule has 2 rings (SSSR count). The van der Waals surface area contributed by atoms with Crippen LogP contribution in [0.25, 0.3) is 0 Å². The smallest absolute Gasteiger partial charge is 0.251 e. The van der Waals surface area contributed by atoms with Crippen LogP contribution >= 0.6 is 0 Å². The SMILES string of the molecule is CC(NC(=O)c1ccc(C#CCN)c(F)c1)C1CCC1. The van der Waals surface area contributed by atoms with Gasteiger partial charge in [0, 0.05) is 11.6 Å². The topological polar surface area (TPSA) is 55.1 Å². The fourth-order valence-electron chi connectivity index (χ4n) is 2.25. The molecule has 3 nitrogen and oxygen atoms in total. The third-order valence-electron chi connectivity index (χ3n) is 3.77. The Morgan fingerprint density at radius 1 is 1.55 bits per heavy atom. The summed E-state index contributed by atoms with van der Waals surface area (Å²) in [5.74, 6) is 5.06. The third kappa shape index (κ3) is 3.37. The van der Waals surface area contributed by atoms with Crippen molar-refractivity contribution < 1.29 is 9.18 Å². The van der Waals surface area contributed by atoms with E-state index in [1.807, 2.05) is 6.92 Å². The molecule has 0 aliphatic heterocycles. The van der Waals surface area contributed by atoms with Crippen LogP contribution in [0.3, 0.4) is 0 Å². The Kier molecular flexibility index (Phi) is 4.75. The second-order valence-corrected chi connectivity index (χ2v) is 5.15. The van der Waals surface area contributed by atoms with Crippen LogP contribution in [0.4, 0.5) is 4.39 Å². The van der Waals surface area contributed by atoms with Crippen LogP contribution in [0.15, 0.2) is 18.2 Å². The fourth-order valence-corrected chi connectivity index (χ4v) is 2.25. The number of hydrogen-bond acceptors (Lipinski definition) is 2. The first-order valence-electron chi connectivity index (χ1n) is 6.91. The van der Waals surface area contributed by atoms with Gasteiger partial charge in [0.25, 0.3) is 5.91 Å². The average molecular weight is 274 g/mol. The maximum Gasteiger partial charge on any atom is 0.251 e. The van der Waals surface area contributed by atoms with Gasteiger partial charge in [0.2, 0.25) is 0 Å². The largest absolute Gasteiger partial charge is 0.349 e. The molecule has 4 heteroatoms. The van der Waals surface area contributed by atoms with E-state index in [0.29, 0.717) is 11.5 Å². The van der Waals surface area contributed by atoms with Gasteiger partial charge in [-0.2, -0.15) is 0 Å². The molecule has 1 saturated carbocycles. The summed E-state index contributed by atoms with van der Waals surface area (Å²) in [6, 6.07) is 4.47. The minimum absolute atomic E-state index is 0.135. The van der Waals surface area contributed by atoms with E-state index in [1.54, 1.807) is 6.07 Å². The molecule has 1 aliphatic rings. The monoisotopic (exact) mass is 274 g/mol. The zero-order valence-corrected chi connectivity index (χ0v) is 11.6. The molecule has 1 fully saturated rings. The fraction of sp³-hybridized carbons (Fsp3) is 0.438. The molecule has 0 aromatic heterocycles. The quantitative estimate of drug-likeness (QED) is 0.829. The van der Waals surface area contributed by atoms with Crippen molar-refractivity contribution in [3.63, 3.8) is 0 Å². The van der Waals surface area contributed by atoms with Crippen molar-refractivity contribution in [2.24, 2.45) is 11.7 Å². The van der Waals surface area contributed by atoms with Crippen molar-refractivity contribution in [3.8, 4) is 11.8 Å². The number of nitrogens with two attached hydrogens (primary N) is 1. The van der Waals surface area contributed by atoms with Crippen molar-refractivity contribution in [2.45, 2.75) is 32.2 Å². The predicted octanol–water partition coefficient (Wildman–Crippen LogP) is 2.05. The Morgan fingerprint density at radius 2 is 2.30 bits per heavy atom. The number of nitrogens with one attached hydrogen (secondary N) is 1. The highest BCUT2D eigenvalue weighted by Gasteiger charge is 2.25. The lowest BCUT2D eigenvalue weighted by Crippen LogP contribution is -2.40. The summed E-state index contributed by atoms with van der Waals surface area (Å²) >= 11 is 0. The number of amides is 1. The Labute approximate surface area is 118 Å². The number of halogens is 1. The number of carbonyl (C=O) groups is 1. The maximum absolute atomic E-state index is 13.8. The number of hydrogen-bond donors (Lipinski definition) is 2. The third-order valence-corrected chi connectivity index (χ3v) is 3.77. The molecule has 0 spiro atoms. The van der Waals surface area contributed by atoms with Gasteiger partial charge in [0.05, 0.1) is 12.1 Å². The van der Waals surface area contributed by atoms with Gasteiger partial charge in [-0.25, -0.2) is 4.39 Å². The molecule has 1 amide bonds. The van der Waals surface area contributed by atoms with Crippen LogP contribution in [0, 0.1) is 23.6 Å². The van der Waals surface area contributed by atoms with Gasteiger partial charge in [-0.05, 0) is 43.9 Å². The second-order valence-electron chi connectivity index (χ2n) is 5.15. The lowest BCUT2D eigenvalue weighted by atomic mass is 9.80. The molecule has 0 saturated heterocycles. The molecular formula is C16H19FN2O. The lowest BCUT2D eigenvalue weighted by molar-refractivity contribution is 0.0909. The first-order valence-corrected chi connectivity index (χ1v) is 6.91. The van der Waals surface area contributed by atoms with E-state index in [2.05, 4.69) is 17.2 Å². The van der Waals surface area contributed by atoms with Crippen LogP contribution in [0.5, 0.6) is 0 Å². The van der Waals surface area contributed by atoms with Gasteiger partial charge >= 0.3 is 0 Å². The van der Waals surface area contributed by atoms with Gasteiger partial charge in [-0.1, -0.05) is 18.3 Å². The molecule has 1 aliphatic carbocycles. The highest BCUT2D eigenvalue weighted by Crippen LogP contribution is 2.29. The number of rotatable bonds is 3. The molecule has 3 N–H and O–H groups in total. The molecule has 0 bridgehead atoms. The van der Waals surface area contributed by atoms with Crippen LogP contribution in [0.1, 0.15) is 42.1 Å². The van der Waals surface area contributed by atoms with E-state index >= 15 is 0 Å². The molecule has 1 aromatic carbocycles. The molecule has 1 atom stereocenters. The van der Waals surface area contributed by atoms with Crippen molar-refractivity contribution in [2.75, 3.05) is 6.54 Å². The molecule has 0 heterocycles. The normalized spacial score (nSPS) is 15.8. The van der Waals surface area contributed by atoms with E-state index < -0.39 is 5.82 Å². The van der Waals surface area contributed by atoms with Gasteiger partial charge in [-0.15, -0.1) is 0 Å². The summed E-state index contributed by atoms with van der Waals surface area (Å²) in [4.78, 5) is 12.0. The number of carbonyl (C=O) groups excluding carboxylic acids is 1. The Bertz CT molecular complexity index is 555. The summed E-state index contributed by atoms with van der Waals surface area (Å²) in [7, 11) is 0. The molecule has 106 valence electrons. The van der Waals surface area contributed by atoms with Crippen LogP contribution in [0.2, 0.25) is 0 Å². The van der Waals surface area contributed by atoms with E-state index in [9.17, 15) is 9.18 Å². The van der Waals surface area contributed by atoms with E-state index in [0.717, 1.165) is 12.8 Å². The summed E-state index contributed by atoms with van der Waals surface area (Å²) in [6.07, 6.45) is 3.54. The van der Waals surface area contributed by atoms with Gasteiger partial charge < -0.3 is 11.1 Å². The zero-order chi connectivity index (χ0) is 14.5. The molecule has 0 radical (unpaired) electrons. The van der Waals surface area contributed by atoms with Crippen LogP contribution in [-0.4, -0.2) is 18.5 Å². The molecular weight excluding hydrogens is 255 g/mol. The van der Waals surface area contributed by atoms with Crippen molar-refractivity contribution in [1.82, 2.24) is 5.32 Å². The lowest BCUT2D eigenvalue weighted by Gasteiger charge is -2.31. The average Bonchev–Trinajstić information content (AvgIpc) is 2.35. The minimum Gasteiger partial charge on any atom is -0.349 e. The molecule has 20 heavy (non-hydrogen) atoms. The summed E-state index contributed by atoms with van der Waals surface area (Å²) in [5, 5.41) is 2.93. The van der Waals surface area contributed by atoms with E-state index in [1.165, 1.54) is 18.6 Å². The van der Waals surface area contributed by atoms with Crippen molar-refractivity contribution >= 4 is 5.91 Å². The molecule has 1 unspecified atom stereocenters. The predicted molar refractivity (Wildman–Crippen MR) is 76.6 cm³/mol. The highest BCUT2D eigenvalue weighted by molar-refractivity contribution is 5.94. The summed E-state index contributed by atoms with van der Waals surface area (Å²) < 4.78 is 13.8. The summed E-state index contributed by atoms with van der Waals surface area (Å²) in [5.41, 5.74) is 5.84. The van der Waals surface area contributed by atoms with Crippen LogP contribution in [-0.2, 0) is 0 Å². The Morgan fingerprint density at radius 3 is 2.85 bits per heavy atom. The molecule has 1 aromatic rings. The zero-order valence-electron chi connectivity index (χ0n) is 11.6. The first kappa shape index (κ1) is 14.5. The van der Waals surface area contributed by atoms with E-state index in [4.69, 9.17) is 5.73 Å². The van der Waals surface area contributed by atoms with Gasteiger partial charge in [0.15, 0.2) is 0 Å². The standard InChI is InChI=1S/C16H19FN2O/c1-11(12-4-2-5-12)19-16(20)14-8-7-13(6-3-9-18)15(17)10-14/h7-8,10-12H,2,4-5,9,18H2,1H3,(H,19,20). The minimum atomic E-state index is -0.491. The second kappa shape index (κ2) is 6.53. The van der Waals surface area contributed by atoms with Crippen LogP contribution < -0.4 is 11.1 Å². The van der Waals surface area contributed by atoms with Gasteiger partial charge in [0.1, 0.15) is 5.82 Å². The van der Waals surface area contributed by atoms with Crippen molar-refractivity contribution in [1.29, 1.82) is 0 Å². The Balaban J connectivity index is 2.04. The first-order chi connectivity index (χ1) is 9.61. The Hall–Kier alpha value is -1.86. The number of benzene rings is 1. The summed E-state index contributed by atoms with van der Waals surface area (Å²) in [6.45, 7) is 2.18. The van der Waals surface area contributed by atoms with Gasteiger partial charge in [-0.3, -0.25) is 4.79 Å². The van der Waals surface area contributed by atoms with Crippen molar-refractivity contribution in [3.05, 3.63) is 35.1 Å².